The highest BCUT2D eigenvalue weighted by molar-refractivity contribution is 5.81. The summed E-state index contributed by atoms with van der Waals surface area (Å²) in [5.74, 6) is 1.84. The summed E-state index contributed by atoms with van der Waals surface area (Å²) in [6.45, 7) is 5.39. The zero-order chi connectivity index (χ0) is 14.9. The van der Waals surface area contributed by atoms with Gasteiger partial charge in [-0.25, -0.2) is 9.59 Å². The van der Waals surface area contributed by atoms with Gasteiger partial charge in [0.1, 0.15) is 11.6 Å². The summed E-state index contributed by atoms with van der Waals surface area (Å²) in [6, 6.07) is -0.600. The van der Waals surface area contributed by atoms with Crippen LogP contribution in [0.4, 0.5) is 4.79 Å². The number of hydrogen-bond donors (Lipinski definition) is 1. The fraction of sp³-hybridized carbons (Fsp3) is 0.867. The molecule has 0 aromatic rings. The molecular weight excluding hydrogens is 258 g/mol. The molecule has 0 saturated heterocycles. The van der Waals surface area contributed by atoms with Gasteiger partial charge < -0.3 is 14.8 Å². The maximum atomic E-state index is 11.8. The normalized spacial score (nSPS) is 29.3. The summed E-state index contributed by atoms with van der Waals surface area (Å²) in [5, 5.41) is 2.65. The maximum Gasteiger partial charge on any atom is 0.408 e. The van der Waals surface area contributed by atoms with Crippen LogP contribution in [0, 0.1) is 17.8 Å². The molecule has 20 heavy (non-hydrogen) atoms. The number of alkyl carbamates (subject to hydrolysis) is 1. The van der Waals surface area contributed by atoms with Crippen LogP contribution in [-0.4, -0.2) is 30.8 Å². The monoisotopic (exact) mass is 283 g/mol. The second-order valence-corrected chi connectivity index (χ2v) is 7.05. The van der Waals surface area contributed by atoms with Gasteiger partial charge in [0.15, 0.2) is 0 Å². The van der Waals surface area contributed by atoms with Crippen LogP contribution in [0.25, 0.3) is 0 Å². The Morgan fingerprint density at radius 3 is 2.30 bits per heavy atom. The zero-order valence-corrected chi connectivity index (χ0v) is 12.8. The van der Waals surface area contributed by atoms with E-state index >= 15 is 0 Å². The molecule has 2 aliphatic rings. The van der Waals surface area contributed by atoms with Crippen molar-refractivity contribution in [1.82, 2.24) is 5.32 Å². The molecule has 0 aromatic heterocycles. The number of ether oxygens (including phenoxy) is 2. The van der Waals surface area contributed by atoms with Gasteiger partial charge in [-0.1, -0.05) is 0 Å². The number of fused-ring (bicyclic) bond motifs is 1. The number of rotatable bonds is 4. The van der Waals surface area contributed by atoms with Gasteiger partial charge in [-0.2, -0.15) is 0 Å². The van der Waals surface area contributed by atoms with Crippen molar-refractivity contribution in [3.63, 3.8) is 0 Å². The van der Waals surface area contributed by atoms with Gasteiger partial charge >= 0.3 is 12.1 Å². The van der Waals surface area contributed by atoms with E-state index in [0.29, 0.717) is 12.3 Å². The Bertz CT molecular complexity index is 378. The second-order valence-electron chi connectivity index (χ2n) is 7.05. The molecule has 114 valence electrons. The van der Waals surface area contributed by atoms with Crippen LogP contribution in [0.1, 0.15) is 46.5 Å². The summed E-state index contributed by atoms with van der Waals surface area (Å²) in [6.07, 6.45) is 3.79. The van der Waals surface area contributed by atoms with E-state index in [4.69, 9.17) is 9.47 Å². The quantitative estimate of drug-likeness (QED) is 0.805. The van der Waals surface area contributed by atoms with E-state index in [1.165, 1.54) is 26.4 Å². The fourth-order valence-corrected chi connectivity index (χ4v) is 3.17. The van der Waals surface area contributed by atoms with Gasteiger partial charge in [-0.3, -0.25) is 0 Å². The molecule has 2 fully saturated rings. The minimum atomic E-state index is -0.600. The molecule has 2 rings (SSSR count). The van der Waals surface area contributed by atoms with E-state index in [2.05, 4.69) is 5.32 Å². The van der Waals surface area contributed by atoms with Crippen LogP contribution in [-0.2, 0) is 14.3 Å². The molecule has 5 nitrogen and oxygen atoms in total. The van der Waals surface area contributed by atoms with Gasteiger partial charge in [-0.05, 0) is 64.2 Å². The molecular formula is C15H25NO4. The van der Waals surface area contributed by atoms with Gasteiger partial charge in [0.25, 0.3) is 0 Å². The molecule has 2 aliphatic carbocycles. The van der Waals surface area contributed by atoms with E-state index in [9.17, 15) is 9.59 Å². The van der Waals surface area contributed by atoms with Gasteiger partial charge in [0.05, 0.1) is 7.11 Å². The first kappa shape index (κ1) is 15.1. The number of carbonyl (C=O) groups excluding carboxylic acids is 2. The van der Waals surface area contributed by atoms with Crippen LogP contribution in [0.5, 0.6) is 0 Å². The molecule has 0 radical (unpaired) electrons. The Kier molecular flexibility index (Phi) is 4.25. The average Bonchev–Trinajstić information content (AvgIpc) is 2.92. The van der Waals surface area contributed by atoms with Crippen LogP contribution >= 0.6 is 0 Å². The number of methoxy groups -OCH3 is 1. The number of esters is 1. The number of hydrogen-bond acceptors (Lipinski definition) is 4. The standard InChI is InChI=1S/C15H25NO4/c1-15(2,3)20-14(18)16-12(13(17)19-4)7-9-5-10-8-11(10)6-9/h9-12H,5-8H2,1-4H3,(H,16,18). The van der Waals surface area contributed by atoms with E-state index < -0.39 is 23.7 Å². The van der Waals surface area contributed by atoms with E-state index in [0.717, 1.165) is 11.8 Å². The largest absolute Gasteiger partial charge is 0.467 e. The SMILES string of the molecule is COC(=O)C(CC1CC2CC2C1)NC(=O)OC(C)(C)C. The van der Waals surface area contributed by atoms with Gasteiger partial charge in [-0.15, -0.1) is 0 Å². The van der Waals surface area contributed by atoms with Crippen LogP contribution in [0.2, 0.25) is 0 Å². The lowest BCUT2D eigenvalue weighted by Crippen LogP contribution is -2.44. The second kappa shape index (κ2) is 5.62. The molecule has 0 spiro atoms. The van der Waals surface area contributed by atoms with E-state index in [1.54, 1.807) is 20.8 Å². The lowest BCUT2D eigenvalue weighted by molar-refractivity contribution is -0.143. The molecule has 0 heterocycles. The molecule has 0 aromatic carbocycles. The van der Waals surface area contributed by atoms with Crippen molar-refractivity contribution in [3.8, 4) is 0 Å². The molecule has 1 amide bonds. The highest BCUT2D eigenvalue weighted by Crippen LogP contribution is 2.55. The zero-order valence-electron chi connectivity index (χ0n) is 12.8. The Balaban J connectivity index is 1.86. The summed E-state index contributed by atoms with van der Waals surface area (Å²) in [7, 11) is 1.35. The van der Waals surface area contributed by atoms with Crippen molar-refractivity contribution < 1.29 is 19.1 Å². The third-order valence-electron chi connectivity index (χ3n) is 4.09. The highest BCUT2D eigenvalue weighted by atomic mass is 16.6. The Labute approximate surface area is 120 Å². The third kappa shape index (κ3) is 4.12. The van der Waals surface area contributed by atoms with Crippen molar-refractivity contribution in [1.29, 1.82) is 0 Å². The Morgan fingerprint density at radius 2 is 1.80 bits per heavy atom. The molecule has 1 N–H and O–H groups in total. The Morgan fingerprint density at radius 1 is 1.20 bits per heavy atom. The molecule has 2 saturated carbocycles. The minimum Gasteiger partial charge on any atom is -0.467 e. The number of nitrogens with one attached hydrogen (secondary N) is 1. The maximum absolute atomic E-state index is 11.8. The molecule has 0 aliphatic heterocycles. The van der Waals surface area contributed by atoms with Crippen LogP contribution < -0.4 is 5.32 Å². The topological polar surface area (TPSA) is 64.6 Å². The highest BCUT2D eigenvalue weighted by Gasteiger charge is 2.46. The average molecular weight is 283 g/mol. The van der Waals surface area contributed by atoms with Crippen LogP contribution in [0.15, 0.2) is 0 Å². The van der Waals surface area contributed by atoms with Crippen molar-refractivity contribution in [2.75, 3.05) is 7.11 Å². The first-order valence-corrected chi connectivity index (χ1v) is 7.36. The smallest absolute Gasteiger partial charge is 0.408 e. The van der Waals surface area contributed by atoms with Gasteiger partial charge in [0, 0.05) is 0 Å². The van der Waals surface area contributed by atoms with Crippen molar-refractivity contribution >= 4 is 12.1 Å². The minimum absolute atomic E-state index is 0.392. The summed E-state index contributed by atoms with van der Waals surface area (Å²) in [4.78, 5) is 23.6. The fourth-order valence-electron chi connectivity index (χ4n) is 3.17. The van der Waals surface area contributed by atoms with E-state index in [1.807, 2.05) is 0 Å². The number of amides is 1. The summed E-state index contributed by atoms with van der Waals surface area (Å²) in [5.41, 5.74) is -0.570. The third-order valence-corrected chi connectivity index (χ3v) is 4.09. The molecule has 3 unspecified atom stereocenters. The molecule has 3 atom stereocenters. The lowest BCUT2D eigenvalue weighted by Gasteiger charge is -2.24. The summed E-state index contributed by atoms with van der Waals surface area (Å²) < 4.78 is 9.98. The number of carbonyl (C=O) groups is 2. The first-order chi connectivity index (χ1) is 9.28. The Hall–Kier alpha value is -1.26. The van der Waals surface area contributed by atoms with Crippen LogP contribution in [0.3, 0.4) is 0 Å². The van der Waals surface area contributed by atoms with Gasteiger partial charge in [0.2, 0.25) is 0 Å². The summed E-state index contributed by atoms with van der Waals surface area (Å²) >= 11 is 0. The van der Waals surface area contributed by atoms with E-state index in [-0.39, 0.29) is 0 Å². The van der Waals surface area contributed by atoms with Crippen molar-refractivity contribution in [2.45, 2.75) is 58.1 Å². The predicted molar refractivity (Wildman–Crippen MR) is 74.1 cm³/mol. The predicted octanol–water partition coefficient (Wildman–Crippen LogP) is 2.49. The lowest BCUT2D eigenvalue weighted by atomic mass is 9.95. The molecule has 0 bridgehead atoms. The first-order valence-electron chi connectivity index (χ1n) is 7.36. The van der Waals surface area contributed by atoms with Crippen molar-refractivity contribution in [3.05, 3.63) is 0 Å². The van der Waals surface area contributed by atoms with Crippen molar-refractivity contribution in [2.24, 2.45) is 17.8 Å². The molecule has 5 heteroatoms.